The van der Waals surface area contributed by atoms with Crippen LogP contribution in [0.1, 0.15) is 64.2 Å². The molecule has 0 atom stereocenters. The van der Waals surface area contributed by atoms with Crippen molar-refractivity contribution in [3.8, 4) is 0 Å². The molecule has 0 unspecified atom stereocenters. The van der Waals surface area contributed by atoms with Gasteiger partial charge in [-0.2, -0.15) is 0 Å². The molecule has 3 fully saturated rings. The summed E-state index contributed by atoms with van der Waals surface area (Å²) in [5.74, 6) is 0. The largest absolute Gasteiger partial charge is 0.300 e. The van der Waals surface area contributed by atoms with Gasteiger partial charge < -0.3 is 9.80 Å². The summed E-state index contributed by atoms with van der Waals surface area (Å²) in [5, 5.41) is 0. The Hall–Kier alpha value is -0.0800. The Morgan fingerprint density at radius 2 is 0.944 bits per heavy atom. The van der Waals surface area contributed by atoms with E-state index in [2.05, 4.69) is 9.80 Å². The molecule has 0 aromatic carbocycles. The summed E-state index contributed by atoms with van der Waals surface area (Å²) in [6.45, 7) is 5.53. The highest BCUT2D eigenvalue weighted by atomic mass is 15.2. The predicted molar refractivity (Wildman–Crippen MR) is 76.9 cm³/mol. The van der Waals surface area contributed by atoms with Crippen molar-refractivity contribution in [3.05, 3.63) is 0 Å². The molecule has 3 aliphatic rings. The maximum atomic E-state index is 2.82. The first kappa shape index (κ1) is 12.9. The van der Waals surface area contributed by atoms with Crippen molar-refractivity contribution in [3.63, 3.8) is 0 Å². The van der Waals surface area contributed by atoms with Crippen molar-refractivity contribution in [1.29, 1.82) is 0 Å². The Kier molecular flexibility index (Phi) is 4.58. The fourth-order valence-electron chi connectivity index (χ4n) is 4.35. The number of nitrogens with zero attached hydrogens (tertiary/aromatic N) is 2. The van der Waals surface area contributed by atoms with E-state index in [1.807, 2.05) is 0 Å². The highest BCUT2D eigenvalue weighted by Gasteiger charge is 2.29. The van der Waals surface area contributed by atoms with Gasteiger partial charge in [-0.3, -0.25) is 0 Å². The third-order valence-corrected chi connectivity index (χ3v) is 5.50. The molecule has 1 aliphatic carbocycles. The maximum absolute atomic E-state index is 2.82. The highest BCUT2D eigenvalue weighted by Crippen LogP contribution is 2.28. The minimum atomic E-state index is 0.917. The zero-order chi connectivity index (χ0) is 12.2. The summed E-state index contributed by atoms with van der Waals surface area (Å²) < 4.78 is 0. The second-order valence-corrected chi connectivity index (χ2v) is 6.66. The second kappa shape index (κ2) is 6.38. The molecule has 0 radical (unpaired) electrons. The Morgan fingerprint density at radius 1 is 0.444 bits per heavy atom. The van der Waals surface area contributed by atoms with Gasteiger partial charge in [-0.15, -0.1) is 0 Å². The van der Waals surface area contributed by atoms with Gasteiger partial charge >= 0.3 is 0 Å². The molecule has 104 valence electrons. The van der Waals surface area contributed by atoms with Gasteiger partial charge in [0.2, 0.25) is 0 Å². The fourth-order valence-corrected chi connectivity index (χ4v) is 4.35. The third kappa shape index (κ3) is 3.08. The van der Waals surface area contributed by atoms with Crippen LogP contribution in [-0.4, -0.2) is 48.1 Å². The summed E-state index contributed by atoms with van der Waals surface area (Å²) in [6, 6.07) is 1.87. The number of likely N-dealkylation sites (tertiary alicyclic amines) is 2. The van der Waals surface area contributed by atoms with Crippen LogP contribution in [0.25, 0.3) is 0 Å². The lowest BCUT2D eigenvalue weighted by atomic mass is 10.0. The smallest absolute Gasteiger partial charge is 0.0120 e. The Bertz CT molecular complexity index is 231. The number of hydrogen-bond acceptors (Lipinski definition) is 2. The van der Waals surface area contributed by atoms with Crippen LogP contribution in [0.4, 0.5) is 0 Å². The van der Waals surface area contributed by atoms with E-state index in [1.54, 1.807) is 0 Å². The molecule has 2 saturated heterocycles. The van der Waals surface area contributed by atoms with Crippen molar-refractivity contribution in [2.24, 2.45) is 0 Å². The Labute approximate surface area is 113 Å². The molecule has 2 aliphatic heterocycles. The zero-order valence-electron chi connectivity index (χ0n) is 11.9. The minimum Gasteiger partial charge on any atom is -0.300 e. The molecule has 0 aromatic rings. The van der Waals surface area contributed by atoms with Gasteiger partial charge in [0.15, 0.2) is 0 Å². The van der Waals surface area contributed by atoms with Crippen molar-refractivity contribution in [2.45, 2.75) is 76.3 Å². The van der Waals surface area contributed by atoms with Crippen LogP contribution in [-0.2, 0) is 0 Å². The van der Waals surface area contributed by atoms with Gasteiger partial charge in [-0.1, -0.05) is 25.7 Å². The van der Waals surface area contributed by atoms with E-state index >= 15 is 0 Å². The molecule has 18 heavy (non-hydrogen) atoms. The summed E-state index contributed by atoms with van der Waals surface area (Å²) >= 11 is 0. The lowest BCUT2D eigenvalue weighted by Gasteiger charge is -2.40. The molecule has 0 spiro atoms. The van der Waals surface area contributed by atoms with Crippen molar-refractivity contribution in [2.75, 3.05) is 26.2 Å². The predicted octanol–water partition coefficient (Wildman–Crippen LogP) is 3.27. The van der Waals surface area contributed by atoms with Gasteiger partial charge in [0.1, 0.15) is 0 Å². The SMILES string of the molecule is C1CCCN(C2CCN(C3CCCC3)CC2)CC1. The first-order chi connectivity index (χ1) is 8.93. The first-order valence-corrected chi connectivity index (χ1v) is 8.41. The lowest BCUT2D eigenvalue weighted by Crippen LogP contribution is -2.47. The fraction of sp³-hybridized carbons (Fsp3) is 1.00. The van der Waals surface area contributed by atoms with E-state index in [1.165, 1.54) is 90.4 Å². The Balaban J connectivity index is 1.46. The molecule has 0 amide bonds. The summed E-state index contributed by atoms with van der Waals surface area (Å²) in [4.78, 5) is 5.63. The molecule has 0 N–H and O–H groups in total. The average Bonchev–Trinajstić information content (AvgIpc) is 2.82. The van der Waals surface area contributed by atoms with Crippen LogP contribution < -0.4 is 0 Å². The molecule has 2 heterocycles. The van der Waals surface area contributed by atoms with Gasteiger partial charge in [-0.25, -0.2) is 0 Å². The molecule has 0 bridgehead atoms. The van der Waals surface area contributed by atoms with Crippen LogP contribution >= 0.6 is 0 Å². The molecule has 2 nitrogen and oxygen atoms in total. The third-order valence-electron chi connectivity index (χ3n) is 5.50. The van der Waals surface area contributed by atoms with Crippen molar-refractivity contribution < 1.29 is 0 Å². The van der Waals surface area contributed by atoms with Crippen LogP contribution in [0.2, 0.25) is 0 Å². The number of piperidine rings is 1. The van der Waals surface area contributed by atoms with E-state index < -0.39 is 0 Å². The molecular formula is C16H30N2. The monoisotopic (exact) mass is 250 g/mol. The minimum absolute atomic E-state index is 0.917. The van der Waals surface area contributed by atoms with Gasteiger partial charge in [0.25, 0.3) is 0 Å². The van der Waals surface area contributed by atoms with Crippen molar-refractivity contribution >= 4 is 0 Å². The highest BCUT2D eigenvalue weighted by molar-refractivity contribution is 4.85. The average molecular weight is 250 g/mol. The summed E-state index contributed by atoms with van der Waals surface area (Å²) in [6.07, 6.45) is 14.6. The second-order valence-electron chi connectivity index (χ2n) is 6.66. The Morgan fingerprint density at radius 3 is 1.56 bits per heavy atom. The lowest BCUT2D eigenvalue weighted by molar-refractivity contribution is 0.0865. The van der Waals surface area contributed by atoms with Crippen LogP contribution in [0.5, 0.6) is 0 Å². The normalized spacial score (nSPS) is 30.7. The number of hydrogen-bond donors (Lipinski definition) is 0. The van der Waals surface area contributed by atoms with E-state index in [-0.39, 0.29) is 0 Å². The topological polar surface area (TPSA) is 6.48 Å². The van der Waals surface area contributed by atoms with E-state index in [0.29, 0.717) is 0 Å². The van der Waals surface area contributed by atoms with Gasteiger partial charge in [0.05, 0.1) is 0 Å². The molecule has 2 heteroatoms. The quantitative estimate of drug-likeness (QED) is 0.742. The summed E-state index contributed by atoms with van der Waals surface area (Å²) in [7, 11) is 0. The zero-order valence-corrected chi connectivity index (χ0v) is 11.9. The first-order valence-electron chi connectivity index (χ1n) is 8.41. The molecule has 1 saturated carbocycles. The molecule has 3 rings (SSSR count). The van der Waals surface area contributed by atoms with E-state index in [4.69, 9.17) is 0 Å². The van der Waals surface area contributed by atoms with Crippen LogP contribution in [0, 0.1) is 0 Å². The molecule has 0 aromatic heterocycles. The number of rotatable bonds is 2. The maximum Gasteiger partial charge on any atom is 0.0120 e. The van der Waals surface area contributed by atoms with Gasteiger partial charge in [0, 0.05) is 12.1 Å². The summed E-state index contributed by atoms with van der Waals surface area (Å²) in [5.41, 5.74) is 0. The van der Waals surface area contributed by atoms with Crippen molar-refractivity contribution in [1.82, 2.24) is 9.80 Å². The van der Waals surface area contributed by atoms with E-state index in [0.717, 1.165) is 12.1 Å². The standard InChI is InChI=1S/C16H30N2/c1-2-6-12-17(11-5-1)16-9-13-18(14-10-16)15-7-3-4-8-15/h15-16H,1-14H2. The van der Waals surface area contributed by atoms with Crippen LogP contribution in [0.15, 0.2) is 0 Å². The van der Waals surface area contributed by atoms with Gasteiger partial charge in [-0.05, 0) is 64.7 Å². The van der Waals surface area contributed by atoms with Crippen LogP contribution in [0.3, 0.4) is 0 Å². The van der Waals surface area contributed by atoms with E-state index in [9.17, 15) is 0 Å². The molecular weight excluding hydrogens is 220 g/mol.